The van der Waals surface area contributed by atoms with E-state index in [0.29, 0.717) is 29.5 Å². The molecule has 2 aromatic rings. The van der Waals surface area contributed by atoms with Gasteiger partial charge in [0.05, 0.1) is 6.61 Å². The lowest BCUT2D eigenvalue weighted by Gasteiger charge is -2.16. The molecule has 0 saturated carbocycles. The van der Waals surface area contributed by atoms with Gasteiger partial charge in [-0.25, -0.2) is 0 Å². The molecule has 0 heterocycles. The lowest BCUT2D eigenvalue weighted by Crippen LogP contribution is -2.23. The zero-order valence-electron chi connectivity index (χ0n) is 15.8. The number of benzene rings is 2. The number of ether oxygens (including phenoxy) is 1. The van der Waals surface area contributed by atoms with Crippen LogP contribution < -0.4 is 15.0 Å². The molecule has 0 atom stereocenters. The first-order chi connectivity index (χ1) is 12.4. The van der Waals surface area contributed by atoms with Crippen molar-refractivity contribution in [3.05, 3.63) is 54.1 Å². The summed E-state index contributed by atoms with van der Waals surface area (Å²) in [6.07, 6.45) is 0.965. The molecule has 5 heteroatoms. The predicted octanol–water partition coefficient (Wildman–Crippen LogP) is 4.35. The number of nitrogens with zero attached hydrogens (tertiary/aromatic N) is 1. The summed E-state index contributed by atoms with van der Waals surface area (Å²) < 4.78 is 5.71. The second-order valence-electron chi connectivity index (χ2n) is 6.64. The number of carbonyl (C=O) groups is 2. The number of amides is 2. The molecule has 0 aliphatic heterocycles. The van der Waals surface area contributed by atoms with Gasteiger partial charge in [-0.05, 0) is 48.7 Å². The third-order valence-electron chi connectivity index (χ3n) is 4.02. The van der Waals surface area contributed by atoms with Crippen LogP contribution in [0.4, 0.5) is 11.4 Å². The maximum absolute atomic E-state index is 12.5. The molecule has 2 amide bonds. The molecule has 0 aromatic heterocycles. The van der Waals surface area contributed by atoms with Crippen molar-refractivity contribution >= 4 is 23.2 Å². The first kappa shape index (κ1) is 19.5. The van der Waals surface area contributed by atoms with Crippen molar-refractivity contribution in [1.29, 1.82) is 0 Å². The van der Waals surface area contributed by atoms with Gasteiger partial charge in [-0.15, -0.1) is 0 Å². The highest BCUT2D eigenvalue weighted by Crippen LogP contribution is 2.20. The van der Waals surface area contributed by atoms with Crippen molar-refractivity contribution in [3.8, 4) is 5.75 Å². The van der Waals surface area contributed by atoms with Crippen LogP contribution in [0.2, 0.25) is 0 Å². The number of rotatable bonds is 7. The van der Waals surface area contributed by atoms with Gasteiger partial charge < -0.3 is 15.0 Å². The molecule has 0 aliphatic rings. The molecule has 1 N–H and O–H groups in total. The van der Waals surface area contributed by atoms with E-state index in [2.05, 4.69) is 19.2 Å². The smallest absolute Gasteiger partial charge is 0.255 e. The molecule has 2 rings (SSSR count). The van der Waals surface area contributed by atoms with E-state index in [9.17, 15) is 9.59 Å². The Morgan fingerprint density at radius 1 is 1.12 bits per heavy atom. The number of carbonyl (C=O) groups excluding carboxylic acids is 2. The quantitative estimate of drug-likeness (QED) is 0.804. The van der Waals surface area contributed by atoms with Gasteiger partial charge >= 0.3 is 0 Å². The van der Waals surface area contributed by atoms with Crippen molar-refractivity contribution in [3.63, 3.8) is 0 Å². The fraction of sp³-hybridized carbons (Fsp3) is 0.333. The fourth-order valence-electron chi connectivity index (χ4n) is 2.32. The van der Waals surface area contributed by atoms with E-state index in [1.54, 1.807) is 43.4 Å². The molecular weight excluding hydrogens is 328 g/mol. The Morgan fingerprint density at radius 3 is 2.54 bits per heavy atom. The van der Waals surface area contributed by atoms with E-state index >= 15 is 0 Å². The summed E-state index contributed by atoms with van der Waals surface area (Å²) in [6.45, 7) is 6.41. The van der Waals surface area contributed by atoms with Crippen LogP contribution in [-0.4, -0.2) is 25.5 Å². The molecule has 0 radical (unpaired) electrons. The highest BCUT2D eigenvalue weighted by Gasteiger charge is 2.10. The Bertz CT molecular complexity index is 771. The van der Waals surface area contributed by atoms with Crippen molar-refractivity contribution in [2.75, 3.05) is 23.9 Å². The molecule has 0 bridgehead atoms. The van der Waals surface area contributed by atoms with E-state index in [1.165, 1.54) is 11.8 Å². The number of hydrogen-bond donors (Lipinski definition) is 1. The van der Waals surface area contributed by atoms with Gasteiger partial charge in [-0.2, -0.15) is 0 Å². The van der Waals surface area contributed by atoms with Gasteiger partial charge in [0.15, 0.2) is 0 Å². The second-order valence-corrected chi connectivity index (χ2v) is 6.64. The Labute approximate surface area is 155 Å². The zero-order chi connectivity index (χ0) is 19.1. The van der Waals surface area contributed by atoms with Crippen LogP contribution in [0.3, 0.4) is 0 Å². The summed E-state index contributed by atoms with van der Waals surface area (Å²) in [5, 5.41) is 2.86. The molecule has 0 spiro atoms. The van der Waals surface area contributed by atoms with Crippen molar-refractivity contribution in [2.24, 2.45) is 5.92 Å². The van der Waals surface area contributed by atoms with E-state index in [1.807, 2.05) is 12.1 Å². The third kappa shape index (κ3) is 5.62. The molecule has 5 nitrogen and oxygen atoms in total. The molecule has 26 heavy (non-hydrogen) atoms. The van der Waals surface area contributed by atoms with Gasteiger partial charge in [0.1, 0.15) is 5.75 Å². The van der Waals surface area contributed by atoms with Crippen LogP contribution in [-0.2, 0) is 4.79 Å². The average molecular weight is 354 g/mol. The topological polar surface area (TPSA) is 58.6 Å². The molecular formula is C21H26N2O3. The molecule has 0 saturated heterocycles. The summed E-state index contributed by atoms with van der Waals surface area (Å²) in [6, 6.07) is 14.3. The van der Waals surface area contributed by atoms with Gasteiger partial charge in [0, 0.05) is 30.9 Å². The first-order valence-corrected chi connectivity index (χ1v) is 8.75. The van der Waals surface area contributed by atoms with Crippen molar-refractivity contribution < 1.29 is 14.3 Å². The standard InChI is InChI=1S/C21H26N2O3/c1-15(2)11-12-26-20-10-5-7-17(13-20)21(25)22-18-8-6-9-19(14-18)23(4)16(3)24/h5-10,13-15H,11-12H2,1-4H3,(H,22,25). The Hall–Kier alpha value is -2.82. The third-order valence-corrected chi connectivity index (χ3v) is 4.02. The molecule has 138 valence electrons. The highest BCUT2D eigenvalue weighted by molar-refractivity contribution is 6.05. The summed E-state index contributed by atoms with van der Waals surface area (Å²) in [5.41, 5.74) is 1.88. The number of nitrogens with one attached hydrogen (secondary N) is 1. The highest BCUT2D eigenvalue weighted by atomic mass is 16.5. The van der Waals surface area contributed by atoms with E-state index in [0.717, 1.165) is 12.1 Å². The van der Waals surface area contributed by atoms with E-state index < -0.39 is 0 Å². The first-order valence-electron chi connectivity index (χ1n) is 8.75. The van der Waals surface area contributed by atoms with Crippen LogP contribution in [0.5, 0.6) is 5.75 Å². The molecule has 2 aromatic carbocycles. The minimum absolute atomic E-state index is 0.0697. The van der Waals surface area contributed by atoms with Gasteiger partial charge in [-0.1, -0.05) is 26.0 Å². The maximum Gasteiger partial charge on any atom is 0.255 e. The lowest BCUT2D eigenvalue weighted by molar-refractivity contribution is -0.116. The molecule has 0 unspecified atom stereocenters. The van der Waals surface area contributed by atoms with Crippen LogP contribution in [0.25, 0.3) is 0 Å². The van der Waals surface area contributed by atoms with Crippen LogP contribution >= 0.6 is 0 Å². The summed E-state index contributed by atoms with van der Waals surface area (Å²) >= 11 is 0. The second kappa shape index (κ2) is 9.04. The molecule has 0 fully saturated rings. The van der Waals surface area contributed by atoms with E-state index in [4.69, 9.17) is 4.74 Å². The normalized spacial score (nSPS) is 10.5. The summed E-state index contributed by atoms with van der Waals surface area (Å²) in [5.74, 6) is 0.965. The maximum atomic E-state index is 12.5. The largest absolute Gasteiger partial charge is 0.494 e. The zero-order valence-corrected chi connectivity index (χ0v) is 15.8. The number of anilines is 2. The number of hydrogen-bond acceptors (Lipinski definition) is 3. The van der Waals surface area contributed by atoms with Crippen molar-refractivity contribution in [2.45, 2.75) is 27.2 Å². The predicted molar refractivity (Wildman–Crippen MR) is 105 cm³/mol. The molecule has 0 aliphatic carbocycles. The summed E-state index contributed by atoms with van der Waals surface area (Å²) in [7, 11) is 1.70. The summed E-state index contributed by atoms with van der Waals surface area (Å²) in [4.78, 5) is 25.5. The lowest BCUT2D eigenvalue weighted by atomic mass is 10.1. The van der Waals surface area contributed by atoms with E-state index in [-0.39, 0.29) is 11.8 Å². The van der Waals surface area contributed by atoms with Gasteiger partial charge in [-0.3, -0.25) is 9.59 Å². The van der Waals surface area contributed by atoms with Gasteiger partial charge in [0.25, 0.3) is 5.91 Å². The minimum atomic E-state index is -0.220. The average Bonchev–Trinajstić information content (AvgIpc) is 2.61. The van der Waals surface area contributed by atoms with Crippen LogP contribution in [0.1, 0.15) is 37.6 Å². The van der Waals surface area contributed by atoms with Crippen LogP contribution in [0, 0.1) is 5.92 Å². The van der Waals surface area contributed by atoms with Crippen LogP contribution in [0.15, 0.2) is 48.5 Å². The Kier molecular flexibility index (Phi) is 6.78. The SMILES string of the molecule is CC(=O)N(C)c1cccc(NC(=O)c2cccc(OCCC(C)C)c2)c1. The van der Waals surface area contributed by atoms with Gasteiger partial charge in [0.2, 0.25) is 5.91 Å². The Balaban J connectivity index is 2.06. The fourth-order valence-corrected chi connectivity index (χ4v) is 2.32. The minimum Gasteiger partial charge on any atom is -0.494 e. The monoisotopic (exact) mass is 354 g/mol. The van der Waals surface area contributed by atoms with Crippen molar-refractivity contribution in [1.82, 2.24) is 0 Å². The Morgan fingerprint density at radius 2 is 1.85 bits per heavy atom.